The van der Waals surface area contributed by atoms with Crippen LogP contribution in [0.2, 0.25) is 0 Å². The van der Waals surface area contributed by atoms with Gasteiger partial charge in [0.25, 0.3) is 0 Å². The fourth-order valence-corrected chi connectivity index (χ4v) is 10.6. The third kappa shape index (κ3) is 4.58. The van der Waals surface area contributed by atoms with Crippen molar-refractivity contribution in [2.24, 2.45) is 46.3 Å². The van der Waals surface area contributed by atoms with Crippen molar-refractivity contribution < 1.29 is 23.1 Å². The van der Waals surface area contributed by atoms with E-state index in [0.29, 0.717) is 48.5 Å². The van der Waals surface area contributed by atoms with Gasteiger partial charge in [0.2, 0.25) is 0 Å². The molecule has 4 fully saturated rings. The van der Waals surface area contributed by atoms with E-state index in [4.69, 9.17) is 13.8 Å². The Morgan fingerprint density at radius 3 is 2.32 bits per heavy atom. The largest absolute Gasteiger partial charge is 0.466 e. The molecule has 0 N–H and O–H groups in total. The molecule has 0 aromatic carbocycles. The summed E-state index contributed by atoms with van der Waals surface area (Å²) < 4.78 is 29.3. The average Bonchev–Trinajstić information content (AvgIpc) is 3.18. The molecule has 7 unspecified atom stereocenters. The smallest absolute Gasteiger partial charge is 0.305 e. The standard InChI is InChI=1S/C26H45O5P3/c1-5-29-21(27)9-6-15(2)17-7-8-18-22-19(11-13-25(17,18)3)26(4)12-10-16(34-28)14-20(26)23(30-32)24(22)31-33/h15-20,22-24H,5-14,32-33H2,1-4H3/t15?,16-,17?,18?,19?,20+,22?,23+,24-,25-,26-/m1/s1. The first-order valence-electron chi connectivity index (χ1n) is 13.4. The molecule has 4 aliphatic rings. The van der Waals surface area contributed by atoms with E-state index in [0.717, 1.165) is 25.7 Å². The zero-order valence-electron chi connectivity index (χ0n) is 21.4. The Kier molecular flexibility index (Phi) is 8.85. The number of hydrogen-bond acceptors (Lipinski definition) is 5. The molecule has 0 radical (unpaired) electrons. The molecule has 34 heavy (non-hydrogen) atoms. The summed E-state index contributed by atoms with van der Waals surface area (Å²) in [5.74, 6) is 3.17. The number of ether oxygens (including phenoxy) is 1. The molecule has 0 aromatic heterocycles. The second-order valence-corrected chi connectivity index (χ2v) is 13.7. The van der Waals surface area contributed by atoms with Gasteiger partial charge in [-0.15, -0.1) is 0 Å². The van der Waals surface area contributed by atoms with Crippen molar-refractivity contribution in [3.8, 4) is 0 Å². The maximum absolute atomic E-state index is 12.0. The molecule has 0 heterocycles. The van der Waals surface area contributed by atoms with Crippen molar-refractivity contribution in [2.75, 3.05) is 6.61 Å². The highest BCUT2D eigenvalue weighted by atomic mass is 31.1. The van der Waals surface area contributed by atoms with Crippen molar-refractivity contribution in [2.45, 2.75) is 103 Å². The van der Waals surface area contributed by atoms with Crippen molar-refractivity contribution in [1.82, 2.24) is 0 Å². The van der Waals surface area contributed by atoms with E-state index in [1.807, 2.05) is 6.92 Å². The third-order valence-corrected chi connectivity index (χ3v) is 12.4. The van der Waals surface area contributed by atoms with Crippen LogP contribution in [-0.2, 0) is 23.1 Å². The predicted molar refractivity (Wildman–Crippen MR) is 142 cm³/mol. The monoisotopic (exact) mass is 530 g/mol. The van der Waals surface area contributed by atoms with Crippen LogP contribution in [0.25, 0.3) is 0 Å². The highest BCUT2D eigenvalue weighted by molar-refractivity contribution is 7.24. The van der Waals surface area contributed by atoms with Crippen LogP contribution in [-0.4, -0.2) is 30.4 Å². The summed E-state index contributed by atoms with van der Waals surface area (Å²) >= 11 is 0. The van der Waals surface area contributed by atoms with Gasteiger partial charge in [-0.1, -0.05) is 20.8 Å². The molecule has 5 nitrogen and oxygen atoms in total. The second kappa shape index (κ2) is 11.0. The Bertz CT molecular complexity index is 752. The number of hydrogen-bond donors (Lipinski definition) is 0. The van der Waals surface area contributed by atoms with Crippen LogP contribution in [0.3, 0.4) is 0 Å². The van der Waals surface area contributed by atoms with Gasteiger partial charge < -0.3 is 13.8 Å². The Labute approximate surface area is 212 Å². The molecule has 0 spiro atoms. The molecule has 0 saturated heterocycles. The van der Waals surface area contributed by atoms with Crippen LogP contribution < -0.4 is 0 Å². The van der Waals surface area contributed by atoms with Gasteiger partial charge >= 0.3 is 5.97 Å². The Morgan fingerprint density at radius 2 is 1.68 bits per heavy atom. The molecule has 4 rings (SSSR count). The predicted octanol–water partition coefficient (Wildman–Crippen LogP) is 6.86. The number of esters is 1. The summed E-state index contributed by atoms with van der Waals surface area (Å²) in [4.78, 5) is 12.0. The first kappa shape index (κ1) is 27.4. The number of fused-ring (bicyclic) bond motifs is 5. The van der Waals surface area contributed by atoms with Gasteiger partial charge in [0.05, 0.1) is 18.8 Å². The van der Waals surface area contributed by atoms with Crippen LogP contribution in [0.5, 0.6) is 0 Å². The van der Waals surface area contributed by atoms with Gasteiger partial charge in [-0.25, -0.2) is 0 Å². The molecular weight excluding hydrogens is 485 g/mol. The van der Waals surface area contributed by atoms with Gasteiger partial charge in [-0.2, -0.15) is 0 Å². The second-order valence-electron chi connectivity index (χ2n) is 12.2. The van der Waals surface area contributed by atoms with E-state index in [1.165, 1.54) is 25.7 Å². The van der Waals surface area contributed by atoms with Crippen molar-refractivity contribution >= 4 is 33.4 Å². The number of rotatable bonds is 8. The third-order valence-electron chi connectivity index (χ3n) is 11.0. The summed E-state index contributed by atoms with van der Waals surface area (Å²) in [5.41, 5.74) is 0.727. The zero-order valence-corrected chi connectivity index (χ0v) is 24.6. The lowest BCUT2D eigenvalue weighted by molar-refractivity contribution is -0.195. The number of carbonyl (C=O) groups is 1. The fraction of sp³-hybridized carbons (Fsp3) is 0.962. The van der Waals surface area contributed by atoms with Crippen molar-refractivity contribution in [1.29, 1.82) is 0 Å². The van der Waals surface area contributed by atoms with Gasteiger partial charge in [0.1, 0.15) is 0 Å². The number of carbonyl (C=O) groups excluding carboxylic acids is 1. The SMILES string of the molecule is CCOC(=O)CCC(C)C1CCC2C3C(CC[C@]12C)[C@@]1(C)CC[C@@H](P=O)C[C@H]1[C@H](OP)[C@@H]3OP. The minimum absolute atomic E-state index is 0.0148. The van der Waals surface area contributed by atoms with Crippen LogP contribution in [0.1, 0.15) is 85.5 Å². The molecule has 0 bridgehead atoms. The zero-order chi connectivity index (χ0) is 24.7. The maximum atomic E-state index is 12.0. The molecule has 13 atom stereocenters. The van der Waals surface area contributed by atoms with Crippen LogP contribution in [0.4, 0.5) is 0 Å². The highest BCUT2D eigenvalue weighted by Gasteiger charge is 2.66. The molecule has 0 amide bonds. The lowest BCUT2D eigenvalue weighted by Crippen LogP contribution is -2.64. The average molecular weight is 531 g/mol. The lowest BCUT2D eigenvalue weighted by Gasteiger charge is -2.64. The summed E-state index contributed by atoms with van der Waals surface area (Å²) in [5, 5.41) is 0. The minimum atomic E-state index is -0.0611. The molecule has 4 saturated carbocycles. The summed E-state index contributed by atoms with van der Waals surface area (Å²) in [6, 6.07) is 0. The van der Waals surface area contributed by atoms with Gasteiger partial charge in [0, 0.05) is 31.0 Å². The summed E-state index contributed by atoms with van der Waals surface area (Å²) in [7, 11) is 5.38. The molecule has 0 aliphatic heterocycles. The van der Waals surface area contributed by atoms with E-state index in [2.05, 4.69) is 39.7 Å². The highest BCUT2D eigenvalue weighted by Crippen LogP contribution is 2.69. The molecule has 0 aromatic rings. The first-order chi connectivity index (χ1) is 16.2. The van der Waals surface area contributed by atoms with E-state index >= 15 is 0 Å². The van der Waals surface area contributed by atoms with E-state index in [9.17, 15) is 9.36 Å². The minimum Gasteiger partial charge on any atom is -0.466 e. The normalized spacial score (nSPS) is 46.9. The first-order valence-corrected chi connectivity index (χ1v) is 15.3. The van der Waals surface area contributed by atoms with Gasteiger partial charge in [-0.05, 0) is 105 Å². The van der Waals surface area contributed by atoms with Crippen molar-refractivity contribution in [3.63, 3.8) is 0 Å². The van der Waals surface area contributed by atoms with Crippen molar-refractivity contribution in [3.05, 3.63) is 0 Å². The maximum Gasteiger partial charge on any atom is 0.305 e. The Hall–Kier alpha value is 0.350. The van der Waals surface area contributed by atoms with Crippen LogP contribution in [0.15, 0.2) is 0 Å². The molecular formula is C26H45O5P3. The summed E-state index contributed by atoms with van der Waals surface area (Å²) in [6.45, 7) is 9.72. The summed E-state index contributed by atoms with van der Waals surface area (Å²) in [6.07, 6.45) is 9.62. The topological polar surface area (TPSA) is 61.8 Å². The molecule has 8 heteroatoms. The van der Waals surface area contributed by atoms with Crippen LogP contribution in [0, 0.1) is 46.3 Å². The molecule has 4 aliphatic carbocycles. The quantitative estimate of drug-likeness (QED) is 0.254. The molecule has 194 valence electrons. The van der Waals surface area contributed by atoms with E-state index in [1.54, 1.807) is 0 Å². The fourth-order valence-electron chi connectivity index (χ4n) is 9.37. The Morgan fingerprint density at radius 1 is 1.00 bits per heavy atom. The van der Waals surface area contributed by atoms with Gasteiger partial charge in [-0.3, -0.25) is 9.36 Å². The lowest BCUT2D eigenvalue weighted by atomic mass is 9.43. The van der Waals surface area contributed by atoms with E-state index < -0.39 is 0 Å². The Balaban J connectivity index is 1.59. The van der Waals surface area contributed by atoms with Gasteiger partial charge in [0.15, 0.2) is 8.46 Å². The van der Waals surface area contributed by atoms with E-state index in [-0.39, 0.29) is 43.1 Å². The van der Waals surface area contributed by atoms with Crippen LogP contribution >= 0.6 is 27.4 Å².